The summed E-state index contributed by atoms with van der Waals surface area (Å²) in [6.07, 6.45) is 4.84. The fraction of sp³-hybridized carbons (Fsp3) is 0.471. The van der Waals surface area contributed by atoms with E-state index in [2.05, 4.69) is 49.4 Å². The number of imidazole rings is 1. The second kappa shape index (κ2) is 6.12. The summed E-state index contributed by atoms with van der Waals surface area (Å²) in [7, 11) is 0. The second-order valence-corrected chi connectivity index (χ2v) is 6.14. The van der Waals surface area contributed by atoms with Crippen LogP contribution in [0.2, 0.25) is 0 Å². The van der Waals surface area contributed by atoms with Gasteiger partial charge in [-0.3, -0.25) is 0 Å². The average molecular weight is 272 g/mol. The van der Waals surface area contributed by atoms with Crippen molar-refractivity contribution in [2.45, 2.75) is 52.7 Å². The van der Waals surface area contributed by atoms with E-state index < -0.39 is 0 Å². The topological polar surface area (TPSA) is 27.1 Å². The summed E-state index contributed by atoms with van der Waals surface area (Å²) in [5.74, 6) is 0.905. The molecule has 0 saturated heterocycles. The number of aromatic nitrogens is 2. The van der Waals surface area contributed by atoms with Crippen molar-refractivity contribution in [3.8, 4) is 5.75 Å². The van der Waals surface area contributed by atoms with Gasteiger partial charge in [-0.2, -0.15) is 0 Å². The van der Waals surface area contributed by atoms with Gasteiger partial charge in [-0.1, -0.05) is 39.8 Å². The Morgan fingerprint density at radius 2 is 1.85 bits per heavy atom. The SMILES string of the molecule is CCCn1cncc1COc1ccc(C(C)(C)C)cc1. The molecule has 20 heavy (non-hydrogen) atoms. The molecule has 0 aliphatic carbocycles. The van der Waals surface area contributed by atoms with Gasteiger partial charge in [0.1, 0.15) is 12.4 Å². The van der Waals surface area contributed by atoms with Gasteiger partial charge in [-0.25, -0.2) is 4.98 Å². The van der Waals surface area contributed by atoms with Crippen molar-refractivity contribution >= 4 is 0 Å². The van der Waals surface area contributed by atoms with Crippen molar-refractivity contribution in [2.75, 3.05) is 0 Å². The summed E-state index contributed by atoms with van der Waals surface area (Å²) in [6, 6.07) is 8.36. The molecule has 0 amide bonds. The molecule has 0 unspecified atom stereocenters. The van der Waals surface area contributed by atoms with Crippen molar-refractivity contribution in [3.63, 3.8) is 0 Å². The Morgan fingerprint density at radius 1 is 1.15 bits per heavy atom. The predicted molar refractivity (Wildman–Crippen MR) is 82.0 cm³/mol. The maximum atomic E-state index is 5.84. The van der Waals surface area contributed by atoms with Gasteiger partial charge in [0.05, 0.1) is 18.2 Å². The van der Waals surface area contributed by atoms with Crippen molar-refractivity contribution in [1.82, 2.24) is 9.55 Å². The first-order valence-electron chi connectivity index (χ1n) is 7.23. The highest BCUT2D eigenvalue weighted by molar-refractivity contribution is 5.31. The van der Waals surface area contributed by atoms with E-state index in [0.717, 1.165) is 24.4 Å². The Hall–Kier alpha value is -1.77. The fourth-order valence-corrected chi connectivity index (χ4v) is 2.12. The van der Waals surface area contributed by atoms with E-state index in [1.54, 1.807) is 0 Å². The van der Waals surface area contributed by atoms with Crippen LogP contribution in [0.5, 0.6) is 5.75 Å². The smallest absolute Gasteiger partial charge is 0.130 e. The number of nitrogens with zero attached hydrogens (tertiary/aromatic N) is 2. The quantitative estimate of drug-likeness (QED) is 0.817. The molecule has 0 atom stereocenters. The first kappa shape index (κ1) is 14.6. The molecule has 0 N–H and O–H groups in total. The predicted octanol–water partition coefficient (Wildman–Crippen LogP) is 4.17. The van der Waals surface area contributed by atoms with Crippen LogP contribution in [-0.2, 0) is 18.6 Å². The van der Waals surface area contributed by atoms with E-state index in [9.17, 15) is 0 Å². The van der Waals surface area contributed by atoms with Crippen molar-refractivity contribution in [1.29, 1.82) is 0 Å². The zero-order valence-corrected chi connectivity index (χ0v) is 12.9. The van der Waals surface area contributed by atoms with E-state index in [4.69, 9.17) is 4.74 Å². The van der Waals surface area contributed by atoms with Gasteiger partial charge < -0.3 is 9.30 Å². The first-order chi connectivity index (χ1) is 9.50. The van der Waals surface area contributed by atoms with Gasteiger partial charge in [0.2, 0.25) is 0 Å². The highest BCUT2D eigenvalue weighted by atomic mass is 16.5. The normalized spacial score (nSPS) is 11.6. The van der Waals surface area contributed by atoms with Crippen molar-refractivity contribution in [2.24, 2.45) is 0 Å². The van der Waals surface area contributed by atoms with Crippen molar-refractivity contribution < 1.29 is 4.74 Å². The Bertz CT molecular complexity index is 535. The van der Waals surface area contributed by atoms with Crippen LogP contribution in [0.25, 0.3) is 0 Å². The molecule has 0 saturated carbocycles. The minimum atomic E-state index is 0.179. The lowest BCUT2D eigenvalue weighted by Crippen LogP contribution is -2.10. The monoisotopic (exact) mass is 272 g/mol. The number of ether oxygens (including phenoxy) is 1. The molecule has 1 aromatic carbocycles. The third-order valence-corrected chi connectivity index (χ3v) is 3.37. The molecule has 2 aromatic rings. The Labute approximate surface area is 121 Å². The molecule has 0 bridgehead atoms. The van der Waals surface area contributed by atoms with Gasteiger partial charge in [0.15, 0.2) is 0 Å². The minimum absolute atomic E-state index is 0.179. The third kappa shape index (κ3) is 3.62. The van der Waals surface area contributed by atoms with Crippen molar-refractivity contribution in [3.05, 3.63) is 48.0 Å². The van der Waals surface area contributed by atoms with Crippen LogP contribution in [-0.4, -0.2) is 9.55 Å². The Balaban J connectivity index is 1.99. The standard InChI is InChI=1S/C17H24N2O/c1-5-10-19-13-18-11-15(19)12-20-16-8-6-14(7-9-16)17(2,3)4/h6-9,11,13H,5,10,12H2,1-4H3. The van der Waals surface area contributed by atoms with Crippen LogP contribution in [0, 0.1) is 0 Å². The molecular weight excluding hydrogens is 248 g/mol. The maximum absolute atomic E-state index is 5.84. The second-order valence-electron chi connectivity index (χ2n) is 6.14. The van der Waals surface area contributed by atoms with E-state index in [-0.39, 0.29) is 5.41 Å². The van der Waals surface area contributed by atoms with Gasteiger partial charge >= 0.3 is 0 Å². The van der Waals surface area contributed by atoms with Gasteiger partial charge in [-0.05, 0) is 29.5 Å². The summed E-state index contributed by atoms with van der Waals surface area (Å²) in [5.41, 5.74) is 2.62. The summed E-state index contributed by atoms with van der Waals surface area (Å²) in [4.78, 5) is 4.18. The van der Waals surface area contributed by atoms with Crippen LogP contribution < -0.4 is 4.74 Å². The average Bonchev–Trinajstić information content (AvgIpc) is 2.84. The lowest BCUT2D eigenvalue weighted by Gasteiger charge is -2.19. The highest BCUT2D eigenvalue weighted by Crippen LogP contribution is 2.24. The fourth-order valence-electron chi connectivity index (χ4n) is 2.12. The molecule has 1 heterocycles. The molecule has 0 spiro atoms. The third-order valence-electron chi connectivity index (χ3n) is 3.37. The molecule has 1 aromatic heterocycles. The molecule has 2 rings (SSSR count). The number of aryl methyl sites for hydroxylation is 1. The van der Waals surface area contributed by atoms with Gasteiger partial charge in [0, 0.05) is 6.54 Å². The summed E-state index contributed by atoms with van der Waals surface area (Å²) >= 11 is 0. The Kier molecular flexibility index (Phi) is 4.48. The number of rotatable bonds is 5. The number of hydrogen-bond donors (Lipinski definition) is 0. The van der Waals surface area contributed by atoms with Crippen LogP contribution >= 0.6 is 0 Å². The van der Waals surface area contributed by atoms with E-state index in [1.807, 2.05) is 24.7 Å². The molecular formula is C17H24N2O. The zero-order valence-electron chi connectivity index (χ0n) is 12.9. The van der Waals surface area contributed by atoms with Crippen LogP contribution in [0.4, 0.5) is 0 Å². The lowest BCUT2D eigenvalue weighted by molar-refractivity contribution is 0.294. The number of benzene rings is 1. The summed E-state index contributed by atoms with van der Waals surface area (Å²) < 4.78 is 7.99. The minimum Gasteiger partial charge on any atom is -0.487 e. The van der Waals surface area contributed by atoms with Gasteiger partial charge in [-0.15, -0.1) is 0 Å². The van der Waals surface area contributed by atoms with Crippen LogP contribution in [0.1, 0.15) is 45.4 Å². The van der Waals surface area contributed by atoms with Crippen LogP contribution in [0.3, 0.4) is 0 Å². The maximum Gasteiger partial charge on any atom is 0.130 e. The largest absolute Gasteiger partial charge is 0.487 e. The molecule has 3 nitrogen and oxygen atoms in total. The van der Waals surface area contributed by atoms with Gasteiger partial charge in [0.25, 0.3) is 0 Å². The summed E-state index contributed by atoms with van der Waals surface area (Å²) in [6.45, 7) is 10.4. The molecule has 0 aliphatic rings. The lowest BCUT2D eigenvalue weighted by atomic mass is 9.87. The Morgan fingerprint density at radius 3 is 2.45 bits per heavy atom. The van der Waals surface area contributed by atoms with E-state index in [0.29, 0.717) is 6.61 Å². The summed E-state index contributed by atoms with van der Waals surface area (Å²) in [5, 5.41) is 0. The first-order valence-corrected chi connectivity index (χ1v) is 7.23. The molecule has 108 valence electrons. The molecule has 3 heteroatoms. The molecule has 0 aliphatic heterocycles. The number of hydrogen-bond acceptors (Lipinski definition) is 2. The van der Waals surface area contributed by atoms with E-state index >= 15 is 0 Å². The molecule has 0 radical (unpaired) electrons. The molecule has 0 fully saturated rings. The highest BCUT2D eigenvalue weighted by Gasteiger charge is 2.13. The zero-order chi connectivity index (χ0) is 14.6. The van der Waals surface area contributed by atoms with Crippen LogP contribution in [0.15, 0.2) is 36.8 Å². The van der Waals surface area contributed by atoms with E-state index in [1.165, 1.54) is 5.56 Å².